The quantitative estimate of drug-likeness (QED) is 0.434. The van der Waals surface area contributed by atoms with E-state index in [4.69, 9.17) is 4.74 Å². The van der Waals surface area contributed by atoms with Crippen LogP contribution in [0.25, 0.3) is 0 Å². The molecule has 0 fully saturated rings. The molecule has 0 aliphatic rings. The SMILES string of the molecule is CC(C(=O)CCc1ccccc1)C(=O)Oc1ccccc1C(C)(C)C. The molecule has 0 heterocycles. The minimum atomic E-state index is -0.767. The topological polar surface area (TPSA) is 43.4 Å². The number of hydrogen-bond donors (Lipinski definition) is 0. The van der Waals surface area contributed by atoms with Crippen molar-refractivity contribution in [1.82, 2.24) is 0 Å². The second-order valence-electron chi connectivity index (χ2n) is 7.34. The molecule has 1 atom stereocenters. The van der Waals surface area contributed by atoms with Gasteiger partial charge in [-0.1, -0.05) is 69.3 Å². The Morgan fingerprint density at radius 3 is 2.20 bits per heavy atom. The Balaban J connectivity index is 2.00. The zero-order chi connectivity index (χ0) is 18.4. The number of rotatable bonds is 6. The van der Waals surface area contributed by atoms with Gasteiger partial charge in [0, 0.05) is 12.0 Å². The third kappa shape index (κ3) is 5.28. The van der Waals surface area contributed by atoms with E-state index in [0.29, 0.717) is 18.6 Å². The summed E-state index contributed by atoms with van der Waals surface area (Å²) in [6, 6.07) is 17.3. The highest BCUT2D eigenvalue weighted by Gasteiger charge is 2.26. The Bertz CT molecular complexity index is 726. The van der Waals surface area contributed by atoms with Crippen LogP contribution < -0.4 is 4.74 Å². The molecule has 3 heteroatoms. The van der Waals surface area contributed by atoms with Gasteiger partial charge < -0.3 is 4.74 Å². The van der Waals surface area contributed by atoms with Gasteiger partial charge in [-0.25, -0.2) is 0 Å². The number of carbonyl (C=O) groups is 2. The molecule has 0 N–H and O–H groups in total. The Hall–Kier alpha value is -2.42. The van der Waals surface area contributed by atoms with E-state index in [1.165, 1.54) is 0 Å². The molecule has 25 heavy (non-hydrogen) atoms. The van der Waals surface area contributed by atoms with E-state index in [1.807, 2.05) is 48.5 Å². The van der Waals surface area contributed by atoms with Crippen LogP contribution in [0.2, 0.25) is 0 Å². The van der Waals surface area contributed by atoms with Crippen molar-refractivity contribution in [3.8, 4) is 5.75 Å². The van der Waals surface area contributed by atoms with Gasteiger partial charge in [-0.15, -0.1) is 0 Å². The molecule has 3 nitrogen and oxygen atoms in total. The largest absolute Gasteiger partial charge is 0.426 e. The first-order chi connectivity index (χ1) is 11.8. The van der Waals surface area contributed by atoms with Crippen molar-refractivity contribution in [2.45, 2.75) is 46.0 Å². The summed E-state index contributed by atoms with van der Waals surface area (Å²) in [5.74, 6) is -0.823. The van der Waals surface area contributed by atoms with Crippen molar-refractivity contribution in [3.05, 3.63) is 65.7 Å². The fraction of sp³-hybridized carbons (Fsp3) is 0.364. The lowest BCUT2D eigenvalue weighted by Gasteiger charge is -2.22. The van der Waals surface area contributed by atoms with Crippen LogP contribution in [0.3, 0.4) is 0 Å². The Morgan fingerprint density at radius 2 is 1.56 bits per heavy atom. The summed E-state index contributed by atoms with van der Waals surface area (Å²) in [5.41, 5.74) is 1.90. The van der Waals surface area contributed by atoms with Gasteiger partial charge in [0.25, 0.3) is 0 Å². The molecule has 0 amide bonds. The molecule has 2 aromatic carbocycles. The number of esters is 1. The number of ether oxygens (including phenoxy) is 1. The smallest absolute Gasteiger partial charge is 0.321 e. The molecule has 0 aliphatic heterocycles. The molecule has 2 rings (SSSR count). The average Bonchev–Trinajstić information content (AvgIpc) is 2.59. The van der Waals surface area contributed by atoms with E-state index in [9.17, 15) is 9.59 Å². The third-order valence-electron chi connectivity index (χ3n) is 4.25. The Labute approximate surface area is 150 Å². The lowest BCUT2D eigenvalue weighted by molar-refractivity contribution is -0.143. The van der Waals surface area contributed by atoms with Gasteiger partial charge in [0.2, 0.25) is 0 Å². The van der Waals surface area contributed by atoms with Crippen molar-refractivity contribution in [3.63, 3.8) is 0 Å². The van der Waals surface area contributed by atoms with E-state index < -0.39 is 11.9 Å². The van der Waals surface area contributed by atoms with Crippen molar-refractivity contribution >= 4 is 11.8 Å². The fourth-order valence-electron chi connectivity index (χ4n) is 2.63. The van der Waals surface area contributed by atoms with Gasteiger partial charge in [0.15, 0.2) is 0 Å². The van der Waals surface area contributed by atoms with Gasteiger partial charge >= 0.3 is 5.97 Å². The summed E-state index contributed by atoms with van der Waals surface area (Å²) in [6.07, 6.45) is 0.969. The first kappa shape index (κ1) is 18.9. The molecule has 0 bridgehead atoms. The maximum atomic E-state index is 12.4. The van der Waals surface area contributed by atoms with Crippen LogP contribution in [-0.2, 0) is 21.4 Å². The molecule has 2 aromatic rings. The number of ketones is 1. The summed E-state index contributed by atoms with van der Waals surface area (Å²) in [5, 5.41) is 0. The first-order valence-corrected chi connectivity index (χ1v) is 8.67. The Morgan fingerprint density at radius 1 is 0.960 bits per heavy atom. The molecule has 0 aromatic heterocycles. The maximum absolute atomic E-state index is 12.4. The van der Waals surface area contributed by atoms with E-state index >= 15 is 0 Å². The van der Waals surface area contributed by atoms with Gasteiger partial charge in [-0.05, 0) is 30.4 Å². The summed E-state index contributed by atoms with van der Waals surface area (Å²) in [6.45, 7) is 7.81. The monoisotopic (exact) mass is 338 g/mol. The van der Waals surface area contributed by atoms with Crippen LogP contribution in [0.1, 0.15) is 45.2 Å². The second kappa shape index (κ2) is 8.11. The molecule has 1 unspecified atom stereocenters. The van der Waals surface area contributed by atoms with Crippen LogP contribution >= 0.6 is 0 Å². The molecule has 0 aliphatic carbocycles. The lowest BCUT2D eigenvalue weighted by Crippen LogP contribution is -2.27. The van der Waals surface area contributed by atoms with E-state index in [0.717, 1.165) is 11.1 Å². The van der Waals surface area contributed by atoms with Gasteiger partial charge in [0.05, 0.1) is 0 Å². The zero-order valence-corrected chi connectivity index (χ0v) is 15.4. The first-order valence-electron chi connectivity index (χ1n) is 8.67. The molecular weight excluding hydrogens is 312 g/mol. The highest BCUT2D eigenvalue weighted by molar-refractivity contribution is 5.99. The van der Waals surface area contributed by atoms with E-state index in [2.05, 4.69) is 20.8 Å². The lowest BCUT2D eigenvalue weighted by atomic mass is 9.86. The van der Waals surface area contributed by atoms with E-state index in [1.54, 1.807) is 13.0 Å². The number of Topliss-reactive ketones (excluding diaryl/α,β-unsaturated/α-hetero) is 1. The molecule has 0 saturated carbocycles. The van der Waals surface area contributed by atoms with E-state index in [-0.39, 0.29) is 11.2 Å². The summed E-state index contributed by atoms with van der Waals surface area (Å²) < 4.78 is 5.55. The molecule has 132 valence electrons. The average molecular weight is 338 g/mol. The summed E-state index contributed by atoms with van der Waals surface area (Å²) in [7, 11) is 0. The van der Waals surface area contributed by atoms with Gasteiger partial charge in [0.1, 0.15) is 17.5 Å². The summed E-state index contributed by atoms with van der Waals surface area (Å²) >= 11 is 0. The highest BCUT2D eigenvalue weighted by Crippen LogP contribution is 2.31. The number of aryl methyl sites for hydroxylation is 1. The van der Waals surface area contributed by atoms with Crippen LogP contribution in [0.4, 0.5) is 0 Å². The van der Waals surface area contributed by atoms with Crippen LogP contribution in [0.15, 0.2) is 54.6 Å². The number of hydrogen-bond acceptors (Lipinski definition) is 3. The van der Waals surface area contributed by atoms with Crippen molar-refractivity contribution in [2.75, 3.05) is 0 Å². The van der Waals surface area contributed by atoms with Crippen LogP contribution in [0.5, 0.6) is 5.75 Å². The second-order valence-corrected chi connectivity index (χ2v) is 7.34. The van der Waals surface area contributed by atoms with Crippen LogP contribution in [-0.4, -0.2) is 11.8 Å². The molecule has 0 radical (unpaired) electrons. The maximum Gasteiger partial charge on any atom is 0.321 e. The van der Waals surface area contributed by atoms with Crippen molar-refractivity contribution in [1.29, 1.82) is 0 Å². The fourth-order valence-corrected chi connectivity index (χ4v) is 2.63. The third-order valence-corrected chi connectivity index (χ3v) is 4.25. The van der Waals surface area contributed by atoms with Crippen molar-refractivity contribution < 1.29 is 14.3 Å². The predicted octanol–water partition coefficient (Wildman–Crippen LogP) is 4.73. The standard InChI is InChI=1S/C22H26O3/c1-16(19(23)15-14-17-10-6-5-7-11-17)21(24)25-20-13-9-8-12-18(20)22(2,3)4/h5-13,16H,14-15H2,1-4H3. The van der Waals surface area contributed by atoms with Crippen LogP contribution in [0, 0.1) is 5.92 Å². The minimum Gasteiger partial charge on any atom is -0.426 e. The molecular formula is C22H26O3. The van der Waals surface area contributed by atoms with Gasteiger partial charge in [-0.2, -0.15) is 0 Å². The van der Waals surface area contributed by atoms with Gasteiger partial charge in [-0.3, -0.25) is 9.59 Å². The number of para-hydroxylation sites is 1. The normalized spacial score (nSPS) is 12.5. The zero-order valence-electron chi connectivity index (χ0n) is 15.4. The number of carbonyl (C=O) groups excluding carboxylic acids is 2. The Kier molecular flexibility index (Phi) is 6.13. The predicted molar refractivity (Wildman–Crippen MR) is 99.7 cm³/mol. The molecule has 0 saturated heterocycles. The number of benzene rings is 2. The van der Waals surface area contributed by atoms with Crippen molar-refractivity contribution in [2.24, 2.45) is 5.92 Å². The minimum absolute atomic E-state index is 0.0953. The summed E-state index contributed by atoms with van der Waals surface area (Å²) in [4.78, 5) is 24.7. The molecule has 0 spiro atoms. The highest BCUT2D eigenvalue weighted by atomic mass is 16.5.